The molecule has 23 heavy (non-hydrogen) atoms. The summed E-state index contributed by atoms with van der Waals surface area (Å²) in [5.74, 6) is 0.722. The van der Waals surface area contributed by atoms with E-state index in [4.69, 9.17) is 4.42 Å². The molecule has 3 N–H and O–H groups in total. The van der Waals surface area contributed by atoms with Crippen molar-refractivity contribution >= 4 is 17.0 Å². The Balaban J connectivity index is 1.88. The summed E-state index contributed by atoms with van der Waals surface area (Å²) in [5.41, 5.74) is -0.0789. The Bertz CT molecular complexity index is 857. The number of H-pyrrole nitrogens is 1. The van der Waals surface area contributed by atoms with Gasteiger partial charge in [-0.1, -0.05) is 0 Å². The quantitative estimate of drug-likeness (QED) is 0.674. The van der Waals surface area contributed by atoms with E-state index in [0.717, 1.165) is 0 Å². The van der Waals surface area contributed by atoms with Crippen LogP contribution in [0.15, 0.2) is 33.8 Å². The second kappa shape index (κ2) is 5.54. The molecule has 0 fully saturated rings. The molecule has 8 nitrogen and oxygen atoms in total. The summed E-state index contributed by atoms with van der Waals surface area (Å²) in [6.45, 7) is 6.10. The molecule has 0 amide bonds. The topological polar surface area (TPSA) is 109 Å². The highest BCUT2D eigenvalue weighted by Crippen LogP contribution is 2.19. The first-order valence-corrected chi connectivity index (χ1v) is 7.30. The molecule has 0 bridgehead atoms. The van der Waals surface area contributed by atoms with Crippen LogP contribution < -0.4 is 10.9 Å². The molecular weight excluding hydrogens is 298 g/mol. The summed E-state index contributed by atoms with van der Waals surface area (Å²) in [7, 11) is 0. The van der Waals surface area contributed by atoms with Crippen molar-refractivity contribution in [3.05, 3.63) is 40.7 Å². The van der Waals surface area contributed by atoms with Gasteiger partial charge in [-0.2, -0.15) is 10.1 Å². The lowest BCUT2D eigenvalue weighted by atomic mass is 10.1. The second-order valence-corrected chi connectivity index (χ2v) is 6.29. The van der Waals surface area contributed by atoms with Crippen molar-refractivity contribution in [1.29, 1.82) is 0 Å². The molecule has 0 saturated heterocycles. The molecule has 0 aliphatic rings. The lowest BCUT2D eigenvalue weighted by Crippen LogP contribution is -2.24. The molecule has 0 aliphatic heterocycles. The maximum atomic E-state index is 12.1. The number of furan rings is 1. The molecule has 0 aromatic carbocycles. The van der Waals surface area contributed by atoms with Gasteiger partial charge in [0, 0.05) is 0 Å². The number of anilines is 1. The third-order valence-corrected chi connectivity index (χ3v) is 3.41. The average molecular weight is 317 g/mol. The Morgan fingerprint density at radius 2 is 2.26 bits per heavy atom. The summed E-state index contributed by atoms with van der Waals surface area (Å²) in [5, 5.41) is 17.6. The molecule has 0 radical (unpaired) electrons. The molecule has 1 atom stereocenters. The normalized spacial score (nSPS) is 13.4. The minimum atomic E-state index is -0.835. The maximum absolute atomic E-state index is 12.1. The Morgan fingerprint density at radius 1 is 1.48 bits per heavy atom. The van der Waals surface area contributed by atoms with Crippen molar-refractivity contribution < 1.29 is 9.52 Å². The van der Waals surface area contributed by atoms with E-state index in [2.05, 4.69) is 20.4 Å². The number of fused-ring (bicyclic) bond motifs is 1. The molecule has 0 saturated carbocycles. The van der Waals surface area contributed by atoms with Gasteiger partial charge in [-0.25, -0.2) is 4.68 Å². The maximum Gasteiger partial charge on any atom is 0.263 e. The highest BCUT2D eigenvalue weighted by molar-refractivity contribution is 5.74. The summed E-state index contributed by atoms with van der Waals surface area (Å²) in [6.07, 6.45) is 2.17. The van der Waals surface area contributed by atoms with Gasteiger partial charge in [0.1, 0.15) is 17.3 Å². The Labute approximate surface area is 132 Å². The van der Waals surface area contributed by atoms with Crippen LogP contribution in [0.1, 0.15) is 32.6 Å². The highest BCUT2D eigenvalue weighted by Gasteiger charge is 2.20. The smallest absolute Gasteiger partial charge is 0.263 e. The monoisotopic (exact) mass is 317 g/mol. The van der Waals surface area contributed by atoms with Crippen molar-refractivity contribution in [1.82, 2.24) is 19.7 Å². The van der Waals surface area contributed by atoms with Crippen LogP contribution in [0.3, 0.4) is 0 Å². The minimum Gasteiger partial charge on any atom is -0.467 e. The minimum absolute atomic E-state index is 0.158. The molecule has 8 heteroatoms. The van der Waals surface area contributed by atoms with Crippen LogP contribution in [0.4, 0.5) is 5.95 Å². The largest absolute Gasteiger partial charge is 0.467 e. The van der Waals surface area contributed by atoms with Crippen LogP contribution in [0.25, 0.3) is 11.0 Å². The van der Waals surface area contributed by atoms with Crippen LogP contribution in [-0.2, 0) is 5.54 Å². The van der Waals surface area contributed by atoms with Gasteiger partial charge in [-0.3, -0.25) is 9.78 Å². The van der Waals surface area contributed by atoms with E-state index in [9.17, 15) is 9.90 Å². The SMILES string of the molecule is CC(C)(C)n1ncc2c(=O)[nH]c(NCC(O)c3ccco3)nc21. The molecule has 3 rings (SSSR count). The van der Waals surface area contributed by atoms with Gasteiger partial charge in [0.15, 0.2) is 5.65 Å². The summed E-state index contributed by atoms with van der Waals surface area (Å²) in [6, 6.07) is 3.38. The Kier molecular flexibility index (Phi) is 3.69. The van der Waals surface area contributed by atoms with Gasteiger partial charge in [-0.05, 0) is 32.9 Å². The Hall–Kier alpha value is -2.61. The van der Waals surface area contributed by atoms with Gasteiger partial charge in [0.2, 0.25) is 5.95 Å². The van der Waals surface area contributed by atoms with Crippen LogP contribution >= 0.6 is 0 Å². The second-order valence-electron chi connectivity index (χ2n) is 6.29. The first kappa shape index (κ1) is 15.3. The number of rotatable bonds is 4. The van der Waals surface area contributed by atoms with Crippen molar-refractivity contribution in [2.24, 2.45) is 0 Å². The molecule has 3 heterocycles. The first-order chi connectivity index (χ1) is 10.9. The fourth-order valence-corrected chi connectivity index (χ4v) is 2.27. The molecule has 1 unspecified atom stereocenters. The molecule has 3 aromatic rings. The lowest BCUT2D eigenvalue weighted by molar-refractivity contribution is 0.162. The van der Waals surface area contributed by atoms with E-state index in [1.54, 1.807) is 16.8 Å². The number of aliphatic hydroxyl groups excluding tert-OH is 1. The van der Waals surface area contributed by atoms with Crippen molar-refractivity contribution in [2.45, 2.75) is 32.4 Å². The molecular formula is C15H19N5O3. The average Bonchev–Trinajstić information content (AvgIpc) is 3.13. The first-order valence-electron chi connectivity index (χ1n) is 7.30. The van der Waals surface area contributed by atoms with Crippen LogP contribution in [0.2, 0.25) is 0 Å². The zero-order chi connectivity index (χ0) is 16.6. The van der Waals surface area contributed by atoms with Gasteiger partial charge < -0.3 is 14.8 Å². The van der Waals surface area contributed by atoms with Gasteiger partial charge in [0.25, 0.3) is 5.56 Å². The van der Waals surface area contributed by atoms with Crippen molar-refractivity contribution in [3.8, 4) is 0 Å². The Morgan fingerprint density at radius 3 is 2.91 bits per heavy atom. The van der Waals surface area contributed by atoms with E-state index in [-0.39, 0.29) is 23.6 Å². The summed E-state index contributed by atoms with van der Waals surface area (Å²) >= 11 is 0. The number of hydrogen-bond donors (Lipinski definition) is 3. The van der Waals surface area contributed by atoms with Crippen molar-refractivity contribution in [3.63, 3.8) is 0 Å². The zero-order valence-corrected chi connectivity index (χ0v) is 13.2. The number of aliphatic hydroxyl groups is 1. The number of hydrogen-bond acceptors (Lipinski definition) is 6. The van der Waals surface area contributed by atoms with Crippen LogP contribution in [0.5, 0.6) is 0 Å². The van der Waals surface area contributed by atoms with E-state index in [1.165, 1.54) is 12.5 Å². The van der Waals surface area contributed by atoms with Crippen LogP contribution in [-0.4, -0.2) is 31.4 Å². The van der Waals surface area contributed by atoms with Crippen LogP contribution in [0, 0.1) is 0 Å². The lowest BCUT2D eigenvalue weighted by Gasteiger charge is -2.19. The molecule has 3 aromatic heterocycles. The third kappa shape index (κ3) is 2.98. The number of aromatic nitrogens is 4. The summed E-state index contributed by atoms with van der Waals surface area (Å²) in [4.78, 5) is 19.2. The zero-order valence-electron chi connectivity index (χ0n) is 13.2. The van der Waals surface area contributed by atoms with E-state index in [1.807, 2.05) is 20.8 Å². The molecule has 0 spiro atoms. The van der Waals surface area contributed by atoms with Gasteiger partial charge in [-0.15, -0.1) is 0 Å². The van der Waals surface area contributed by atoms with Crippen molar-refractivity contribution in [2.75, 3.05) is 11.9 Å². The summed E-state index contributed by atoms with van der Waals surface area (Å²) < 4.78 is 6.83. The predicted octanol–water partition coefficient (Wildman–Crippen LogP) is 1.61. The standard InChI is InChI=1S/C15H19N5O3/c1-15(2,3)20-12-9(7-17-20)13(22)19-14(18-12)16-8-10(21)11-5-4-6-23-11/h4-7,10,21H,8H2,1-3H3,(H2,16,18,19,22). The predicted molar refractivity (Wildman–Crippen MR) is 85.3 cm³/mol. The number of nitrogens with one attached hydrogen (secondary N) is 2. The van der Waals surface area contributed by atoms with E-state index < -0.39 is 6.10 Å². The fraction of sp³-hybridized carbons (Fsp3) is 0.400. The molecule has 122 valence electrons. The van der Waals surface area contributed by atoms with E-state index in [0.29, 0.717) is 16.8 Å². The molecule has 0 aliphatic carbocycles. The number of aromatic amines is 1. The number of nitrogens with zero attached hydrogens (tertiary/aromatic N) is 3. The third-order valence-electron chi connectivity index (χ3n) is 3.41. The fourth-order valence-electron chi connectivity index (χ4n) is 2.27. The van der Waals surface area contributed by atoms with E-state index >= 15 is 0 Å². The highest BCUT2D eigenvalue weighted by atomic mass is 16.4. The van der Waals surface area contributed by atoms with Gasteiger partial charge >= 0.3 is 0 Å². The van der Waals surface area contributed by atoms with Gasteiger partial charge in [0.05, 0.1) is 24.5 Å².